The third-order valence-corrected chi connectivity index (χ3v) is 3.43. The Morgan fingerprint density at radius 3 is 2.30 bits per heavy atom. The van der Waals surface area contributed by atoms with Gasteiger partial charge in [-0.05, 0) is 43.6 Å². The van der Waals surface area contributed by atoms with Crippen LogP contribution in [0.4, 0.5) is 0 Å². The Kier molecular flexibility index (Phi) is 1.46. The number of nitrogens with two attached hydrogens (primary N) is 2. The van der Waals surface area contributed by atoms with E-state index >= 15 is 0 Å². The molecule has 0 unspecified atom stereocenters. The molecule has 0 amide bonds. The molecule has 0 aliphatic heterocycles. The van der Waals surface area contributed by atoms with Crippen molar-refractivity contribution in [3.63, 3.8) is 0 Å². The zero-order valence-electron chi connectivity index (χ0n) is 6.29. The Hall–Kier alpha value is -0.0800. The first-order chi connectivity index (χ1) is 4.83. The zero-order chi connectivity index (χ0) is 7.14. The van der Waals surface area contributed by atoms with Crippen LogP contribution < -0.4 is 11.5 Å². The van der Waals surface area contributed by atoms with Crippen molar-refractivity contribution < 1.29 is 0 Å². The molecule has 4 N–H and O–H groups in total. The summed E-state index contributed by atoms with van der Waals surface area (Å²) in [6.07, 6.45) is 4.12. The highest BCUT2D eigenvalue weighted by Crippen LogP contribution is 2.46. The lowest BCUT2D eigenvalue weighted by atomic mass is 9.85. The summed E-state index contributed by atoms with van der Waals surface area (Å²) in [4.78, 5) is 0. The SMILES string of the molecule is NC[C@@H]1[C@H]2CC[C@H](C2)[C@H]1N. The van der Waals surface area contributed by atoms with Gasteiger partial charge < -0.3 is 11.5 Å². The van der Waals surface area contributed by atoms with Crippen LogP contribution >= 0.6 is 0 Å². The van der Waals surface area contributed by atoms with Gasteiger partial charge in [-0.25, -0.2) is 0 Å². The molecule has 2 nitrogen and oxygen atoms in total. The number of hydrogen-bond donors (Lipinski definition) is 2. The predicted octanol–water partition coefficient (Wildman–Crippen LogP) is 0.319. The molecule has 4 atom stereocenters. The van der Waals surface area contributed by atoms with Crippen LogP contribution in [0.1, 0.15) is 19.3 Å². The Morgan fingerprint density at radius 1 is 1.20 bits per heavy atom. The highest BCUT2D eigenvalue weighted by molar-refractivity contribution is 4.98. The van der Waals surface area contributed by atoms with E-state index in [4.69, 9.17) is 11.5 Å². The van der Waals surface area contributed by atoms with E-state index in [9.17, 15) is 0 Å². The molecule has 2 bridgehead atoms. The first-order valence-electron chi connectivity index (χ1n) is 4.28. The molecule has 0 radical (unpaired) electrons. The topological polar surface area (TPSA) is 52.0 Å². The summed E-state index contributed by atoms with van der Waals surface area (Å²) >= 11 is 0. The van der Waals surface area contributed by atoms with Gasteiger partial charge in [-0.1, -0.05) is 0 Å². The molecule has 0 aromatic heterocycles. The fourth-order valence-electron chi connectivity index (χ4n) is 2.80. The Balaban J connectivity index is 2.10. The third kappa shape index (κ3) is 0.722. The Labute approximate surface area is 62.0 Å². The predicted molar refractivity (Wildman–Crippen MR) is 41.4 cm³/mol. The van der Waals surface area contributed by atoms with Crippen molar-refractivity contribution in [3.05, 3.63) is 0 Å². The third-order valence-electron chi connectivity index (χ3n) is 3.43. The lowest BCUT2D eigenvalue weighted by molar-refractivity contribution is 0.296. The van der Waals surface area contributed by atoms with Gasteiger partial charge in [0, 0.05) is 6.04 Å². The monoisotopic (exact) mass is 140 g/mol. The quantitative estimate of drug-likeness (QED) is 0.551. The van der Waals surface area contributed by atoms with Gasteiger partial charge in [0.05, 0.1) is 0 Å². The van der Waals surface area contributed by atoms with E-state index < -0.39 is 0 Å². The summed E-state index contributed by atoms with van der Waals surface area (Å²) in [7, 11) is 0. The Morgan fingerprint density at radius 2 is 1.90 bits per heavy atom. The average molecular weight is 140 g/mol. The summed E-state index contributed by atoms with van der Waals surface area (Å²) in [6, 6.07) is 0.434. The van der Waals surface area contributed by atoms with Crippen LogP contribution in [0.3, 0.4) is 0 Å². The first-order valence-corrected chi connectivity index (χ1v) is 4.28. The van der Waals surface area contributed by atoms with Crippen LogP contribution in [-0.2, 0) is 0 Å². The van der Waals surface area contributed by atoms with Crippen LogP contribution in [0, 0.1) is 17.8 Å². The standard InChI is InChI=1S/C8H16N2/c9-4-7-5-1-2-6(3-5)8(7)10/h5-8H,1-4,9-10H2/t5-,6+,7+,8+/m0/s1. The largest absolute Gasteiger partial charge is 0.330 e. The van der Waals surface area contributed by atoms with Crippen LogP contribution in [0.5, 0.6) is 0 Å². The molecule has 0 aromatic carbocycles. The van der Waals surface area contributed by atoms with E-state index in [0.717, 1.165) is 18.4 Å². The second-order valence-electron chi connectivity index (χ2n) is 3.81. The average Bonchev–Trinajstić information content (AvgIpc) is 2.46. The van der Waals surface area contributed by atoms with Gasteiger partial charge >= 0.3 is 0 Å². The molecule has 58 valence electrons. The molecule has 2 heteroatoms. The molecule has 2 aliphatic carbocycles. The normalized spacial score (nSPS) is 52.2. The van der Waals surface area contributed by atoms with Gasteiger partial charge in [-0.15, -0.1) is 0 Å². The highest BCUT2D eigenvalue weighted by atomic mass is 14.8. The minimum absolute atomic E-state index is 0.434. The summed E-state index contributed by atoms with van der Waals surface area (Å²) in [5.74, 6) is 2.35. The number of rotatable bonds is 1. The maximum Gasteiger partial charge on any atom is 0.0110 e. The Bertz CT molecular complexity index is 133. The van der Waals surface area contributed by atoms with Gasteiger partial charge in [0.2, 0.25) is 0 Å². The fourth-order valence-corrected chi connectivity index (χ4v) is 2.80. The molecule has 2 saturated carbocycles. The molecule has 0 heterocycles. The molecule has 10 heavy (non-hydrogen) atoms. The summed E-state index contributed by atoms with van der Waals surface area (Å²) in [6.45, 7) is 0.808. The second-order valence-corrected chi connectivity index (χ2v) is 3.81. The summed E-state index contributed by atoms with van der Waals surface area (Å²) in [5, 5.41) is 0. The maximum absolute atomic E-state index is 5.99. The second kappa shape index (κ2) is 2.21. The zero-order valence-corrected chi connectivity index (χ0v) is 6.29. The molecule has 2 rings (SSSR count). The summed E-state index contributed by atoms with van der Waals surface area (Å²) in [5.41, 5.74) is 11.6. The van der Waals surface area contributed by atoms with Crippen LogP contribution in [0.15, 0.2) is 0 Å². The van der Waals surface area contributed by atoms with Crippen molar-refractivity contribution in [2.24, 2.45) is 29.2 Å². The van der Waals surface area contributed by atoms with E-state index in [1.807, 2.05) is 0 Å². The molecule has 2 fully saturated rings. The van der Waals surface area contributed by atoms with Crippen molar-refractivity contribution >= 4 is 0 Å². The van der Waals surface area contributed by atoms with Crippen molar-refractivity contribution in [2.75, 3.05) is 6.54 Å². The fraction of sp³-hybridized carbons (Fsp3) is 1.00. The minimum atomic E-state index is 0.434. The molecule has 0 spiro atoms. The van der Waals surface area contributed by atoms with Crippen LogP contribution in [0.2, 0.25) is 0 Å². The van der Waals surface area contributed by atoms with Crippen molar-refractivity contribution in [3.8, 4) is 0 Å². The van der Waals surface area contributed by atoms with E-state index in [2.05, 4.69) is 0 Å². The van der Waals surface area contributed by atoms with E-state index in [1.165, 1.54) is 19.3 Å². The highest BCUT2D eigenvalue weighted by Gasteiger charge is 2.44. The van der Waals surface area contributed by atoms with E-state index in [0.29, 0.717) is 12.0 Å². The van der Waals surface area contributed by atoms with Crippen LogP contribution in [0.25, 0.3) is 0 Å². The molecular weight excluding hydrogens is 124 g/mol. The van der Waals surface area contributed by atoms with Crippen molar-refractivity contribution in [2.45, 2.75) is 25.3 Å². The molecule has 0 saturated heterocycles. The molecule has 2 aliphatic rings. The first kappa shape index (κ1) is 6.62. The minimum Gasteiger partial charge on any atom is -0.330 e. The van der Waals surface area contributed by atoms with Gasteiger partial charge in [0.25, 0.3) is 0 Å². The van der Waals surface area contributed by atoms with Crippen molar-refractivity contribution in [1.29, 1.82) is 0 Å². The smallest absolute Gasteiger partial charge is 0.0110 e. The maximum atomic E-state index is 5.99. The van der Waals surface area contributed by atoms with Gasteiger partial charge in [-0.3, -0.25) is 0 Å². The molecular formula is C8H16N2. The summed E-state index contributed by atoms with van der Waals surface area (Å²) < 4.78 is 0. The van der Waals surface area contributed by atoms with Gasteiger partial charge in [-0.2, -0.15) is 0 Å². The van der Waals surface area contributed by atoms with E-state index in [-0.39, 0.29) is 0 Å². The van der Waals surface area contributed by atoms with Crippen LogP contribution in [-0.4, -0.2) is 12.6 Å². The lowest BCUT2D eigenvalue weighted by Gasteiger charge is -2.26. The van der Waals surface area contributed by atoms with E-state index in [1.54, 1.807) is 0 Å². The lowest BCUT2D eigenvalue weighted by Crippen LogP contribution is -2.39. The van der Waals surface area contributed by atoms with Gasteiger partial charge in [0.15, 0.2) is 0 Å². The van der Waals surface area contributed by atoms with Gasteiger partial charge in [0.1, 0.15) is 0 Å². The van der Waals surface area contributed by atoms with Crippen molar-refractivity contribution in [1.82, 2.24) is 0 Å². The number of fused-ring (bicyclic) bond motifs is 2. The molecule has 0 aromatic rings. The number of hydrogen-bond acceptors (Lipinski definition) is 2.